The average Bonchev–Trinajstić information content (AvgIpc) is 2.19. The summed E-state index contributed by atoms with van der Waals surface area (Å²) in [5.41, 5.74) is 0.480. The second kappa shape index (κ2) is 4.87. The molecule has 0 fully saturated rings. The van der Waals surface area contributed by atoms with Crippen LogP contribution >= 0.6 is 34.8 Å². The van der Waals surface area contributed by atoms with E-state index in [2.05, 4.69) is 5.32 Å². The summed E-state index contributed by atoms with van der Waals surface area (Å²) >= 11 is 17.4. The summed E-state index contributed by atoms with van der Waals surface area (Å²) in [6.07, 6.45) is 0.385. The summed E-state index contributed by atoms with van der Waals surface area (Å²) in [5, 5.41) is 3.50. The van der Waals surface area contributed by atoms with Crippen molar-refractivity contribution in [3.63, 3.8) is 0 Å². The number of carbonyl (C=O) groups is 1. The number of hydrogen-bond donors (Lipinski definition) is 1. The molecule has 0 atom stereocenters. The van der Waals surface area contributed by atoms with Crippen molar-refractivity contribution >= 4 is 46.4 Å². The molecule has 1 rings (SSSR count). The second-order valence-corrected chi connectivity index (χ2v) is 3.79. The molecule has 0 spiro atoms. The molecule has 5 heteroatoms. The molecule has 1 amide bonds. The maximum atomic E-state index is 11.1. The largest absolute Gasteiger partial charge is 0.325 e. The monoisotopic (exact) mass is 251 g/mol. The number of anilines is 1. The first-order chi connectivity index (χ1) is 6.56. The van der Waals surface area contributed by atoms with Crippen molar-refractivity contribution < 1.29 is 4.79 Å². The van der Waals surface area contributed by atoms with Crippen LogP contribution in [0.1, 0.15) is 13.3 Å². The minimum Gasteiger partial charge on any atom is -0.325 e. The van der Waals surface area contributed by atoms with Crippen molar-refractivity contribution in [3.8, 4) is 0 Å². The minimum atomic E-state index is -0.120. The Morgan fingerprint density at radius 3 is 2.50 bits per heavy atom. The zero-order chi connectivity index (χ0) is 10.7. The van der Waals surface area contributed by atoms with Gasteiger partial charge in [0, 0.05) is 6.42 Å². The number of carbonyl (C=O) groups excluding carboxylic acids is 1. The molecule has 0 aliphatic heterocycles. The smallest absolute Gasteiger partial charge is 0.224 e. The van der Waals surface area contributed by atoms with E-state index in [-0.39, 0.29) is 16.0 Å². The zero-order valence-corrected chi connectivity index (χ0v) is 9.67. The van der Waals surface area contributed by atoms with Gasteiger partial charge in [0.15, 0.2) is 0 Å². The molecule has 0 aliphatic rings. The highest BCUT2D eigenvalue weighted by atomic mass is 35.5. The van der Waals surface area contributed by atoms with E-state index in [1.165, 1.54) is 0 Å². The standard InChI is InChI=1S/C9H8Cl3NO/c1-2-7(14)13-6-4-3-5(10)8(11)9(6)12/h3-4H,2H2,1H3,(H,13,14). The van der Waals surface area contributed by atoms with Crippen LogP contribution in [-0.4, -0.2) is 5.91 Å². The van der Waals surface area contributed by atoms with Crippen LogP contribution < -0.4 is 5.32 Å². The van der Waals surface area contributed by atoms with E-state index in [4.69, 9.17) is 34.8 Å². The van der Waals surface area contributed by atoms with Crippen molar-refractivity contribution in [1.82, 2.24) is 0 Å². The van der Waals surface area contributed by atoms with Crippen LogP contribution in [0.2, 0.25) is 15.1 Å². The molecular formula is C9H8Cl3NO. The fourth-order valence-corrected chi connectivity index (χ4v) is 1.44. The van der Waals surface area contributed by atoms with E-state index in [1.807, 2.05) is 0 Å². The predicted octanol–water partition coefficient (Wildman–Crippen LogP) is 4.00. The summed E-state index contributed by atoms with van der Waals surface area (Å²) in [4.78, 5) is 11.1. The molecular weight excluding hydrogens is 244 g/mol. The third-order valence-corrected chi connectivity index (χ3v) is 2.92. The van der Waals surface area contributed by atoms with E-state index in [0.717, 1.165) is 0 Å². The fourth-order valence-electron chi connectivity index (χ4n) is 0.861. The van der Waals surface area contributed by atoms with Crippen LogP contribution in [0.4, 0.5) is 5.69 Å². The third-order valence-electron chi connectivity index (χ3n) is 1.63. The van der Waals surface area contributed by atoms with E-state index in [9.17, 15) is 4.79 Å². The van der Waals surface area contributed by atoms with Gasteiger partial charge in [0.1, 0.15) is 0 Å². The fraction of sp³-hybridized carbons (Fsp3) is 0.222. The second-order valence-electron chi connectivity index (χ2n) is 2.62. The number of nitrogens with one attached hydrogen (secondary N) is 1. The number of benzene rings is 1. The van der Waals surface area contributed by atoms with Crippen molar-refractivity contribution in [2.24, 2.45) is 0 Å². The van der Waals surface area contributed by atoms with Crippen LogP contribution in [0.15, 0.2) is 12.1 Å². The van der Waals surface area contributed by atoms with Crippen LogP contribution in [0.5, 0.6) is 0 Å². The lowest BCUT2D eigenvalue weighted by Gasteiger charge is -2.07. The summed E-state index contributed by atoms with van der Waals surface area (Å²) in [7, 11) is 0. The highest BCUT2D eigenvalue weighted by Gasteiger charge is 2.09. The lowest BCUT2D eigenvalue weighted by molar-refractivity contribution is -0.115. The SMILES string of the molecule is CCC(=O)Nc1ccc(Cl)c(Cl)c1Cl. The maximum absolute atomic E-state index is 11.1. The van der Waals surface area contributed by atoms with Gasteiger partial charge in [-0.05, 0) is 12.1 Å². The highest BCUT2D eigenvalue weighted by molar-refractivity contribution is 6.49. The molecule has 1 N–H and O–H groups in total. The summed E-state index contributed by atoms with van der Waals surface area (Å²) in [5.74, 6) is -0.120. The van der Waals surface area contributed by atoms with E-state index < -0.39 is 0 Å². The number of rotatable bonds is 2. The van der Waals surface area contributed by atoms with Crippen LogP contribution in [-0.2, 0) is 4.79 Å². The van der Waals surface area contributed by atoms with Crippen molar-refractivity contribution in [2.75, 3.05) is 5.32 Å². The quantitative estimate of drug-likeness (QED) is 0.792. The lowest BCUT2D eigenvalue weighted by atomic mass is 10.3. The highest BCUT2D eigenvalue weighted by Crippen LogP contribution is 2.35. The maximum Gasteiger partial charge on any atom is 0.224 e. The van der Waals surface area contributed by atoms with Crippen molar-refractivity contribution in [2.45, 2.75) is 13.3 Å². The van der Waals surface area contributed by atoms with Gasteiger partial charge in [0.2, 0.25) is 5.91 Å². The molecule has 1 aromatic carbocycles. The Morgan fingerprint density at radius 2 is 1.93 bits per heavy atom. The summed E-state index contributed by atoms with van der Waals surface area (Å²) in [6, 6.07) is 3.20. The average molecular weight is 253 g/mol. The Balaban J connectivity index is 3.00. The molecule has 0 aromatic heterocycles. The molecule has 0 unspecified atom stereocenters. The molecule has 0 aliphatic carbocycles. The Kier molecular flexibility index (Phi) is 4.05. The molecule has 0 bridgehead atoms. The van der Waals surface area contributed by atoms with Crippen LogP contribution in [0.3, 0.4) is 0 Å². The molecule has 76 valence electrons. The van der Waals surface area contributed by atoms with Gasteiger partial charge in [0.05, 0.1) is 20.8 Å². The van der Waals surface area contributed by atoms with Gasteiger partial charge in [-0.2, -0.15) is 0 Å². The molecule has 0 saturated carbocycles. The number of hydrogen-bond acceptors (Lipinski definition) is 1. The first-order valence-corrected chi connectivity index (χ1v) is 5.13. The molecule has 1 aromatic rings. The molecule has 0 radical (unpaired) electrons. The molecule has 0 heterocycles. The van der Waals surface area contributed by atoms with E-state index in [0.29, 0.717) is 17.1 Å². The van der Waals surface area contributed by atoms with Gasteiger partial charge in [-0.1, -0.05) is 41.7 Å². The Morgan fingerprint density at radius 1 is 1.29 bits per heavy atom. The molecule has 0 saturated heterocycles. The topological polar surface area (TPSA) is 29.1 Å². The van der Waals surface area contributed by atoms with Gasteiger partial charge in [-0.15, -0.1) is 0 Å². The normalized spacial score (nSPS) is 10.0. The Hall–Kier alpha value is -0.440. The van der Waals surface area contributed by atoms with Crippen LogP contribution in [0, 0.1) is 0 Å². The van der Waals surface area contributed by atoms with Crippen LogP contribution in [0.25, 0.3) is 0 Å². The molecule has 2 nitrogen and oxygen atoms in total. The van der Waals surface area contributed by atoms with Gasteiger partial charge in [-0.25, -0.2) is 0 Å². The van der Waals surface area contributed by atoms with Gasteiger partial charge in [0.25, 0.3) is 0 Å². The third kappa shape index (κ3) is 2.53. The predicted molar refractivity (Wildman–Crippen MR) is 60.4 cm³/mol. The first-order valence-electron chi connectivity index (χ1n) is 3.99. The Labute approximate surface area is 97.1 Å². The van der Waals surface area contributed by atoms with Gasteiger partial charge < -0.3 is 5.32 Å². The van der Waals surface area contributed by atoms with Crippen molar-refractivity contribution in [1.29, 1.82) is 0 Å². The zero-order valence-electron chi connectivity index (χ0n) is 7.40. The number of amides is 1. The lowest BCUT2D eigenvalue weighted by Crippen LogP contribution is -2.09. The summed E-state index contributed by atoms with van der Waals surface area (Å²) in [6.45, 7) is 1.75. The molecule has 14 heavy (non-hydrogen) atoms. The number of halogens is 3. The summed E-state index contributed by atoms with van der Waals surface area (Å²) < 4.78 is 0. The first kappa shape index (κ1) is 11.6. The van der Waals surface area contributed by atoms with Crippen molar-refractivity contribution in [3.05, 3.63) is 27.2 Å². The van der Waals surface area contributed by atoms with Gasteiger partial charge >= 0.3 is 0 Å². The Bertz CT molecular complexity index is 365. The minimum absolute atomic E-state index is 0.120. The van der Waals surface area contributed by atoms with Gasteiger partial charge in [-0.3, -0.25) is 4.79 Å². The van der Waals surface area contributed by atoms with E-state index >= 15 is 0 Å². The van der Waals surface area contributed by atoms with E-state index in [1.54, 1.807) is 19.1 Å².